The number of nitrogens with two attached hydrogens (primary N) is 1. The molecule has 0 spiro atoms. The first-order chi connectivity index (χ1) is 8.08. The zero-order valence-corrected chi connectivity index (χ0v) is 11.5. The molecule has 3 N–H and O–H groups in total. The topological polar surface area (TPSA) is 85.1 Å². The van der Waals surface area contributed by atoms with Gasteiger partial charge in [0.1, 0.15) is 5.82 Å². The number of nitrogen functional groups attached to an aromatic ring is 1. The van der Waals surface area contributed by atoms with Crippen molar-refractivity contribution < 1.29 is 30.8 Å². The van der Waals surface area contributed by atoms with E-state index in [1.54, 1.807) is 18.2 Å². The SMILES string of the molecule is Nc1ccc(S(=O)(=O)Nc2ccccn2)cc1.[Ag]. The van der Waals surface area contributed by atoms with Crippen LogP contribution >= 0.6 is 0 Å². The average molecular weight is 357 g/mol. The number of nitrogens with zero attached hydrogens (tertiary/aromatic N) is 1. The molecule has 1 heterocycles. The maximum Gasteiger partial charge on any atom is 0.263 e. The van der Waals surface area contributed by atoms with Gasteiger partial charge in [-0.1, -0.05) is 6.07 Å². The minimum absolute atomic E-state index is 0. The van der Waals surface area contributed by atoms with Crippen molar-refractivity contribution in [2.24, 2.45) is 0 Å². The Kier molecular flexibility index (Phi) is 4.92. The summed E-state index contributed by atoms with van der Waals surface area (Å²) in [6.07, 6.45) is 1.51. The Morgan fingerprint density at radius 3 is 2.28 bits per heavy atom. The van der Waals surface area contributed by atoms with Crippen molar-refractivity contribution in [2.75, 3.05) is 10.5 Å². The summed E-state index contributed by atoms with van der Waals surface area (Å²) in [7, 11) is -3.60. The van der Waals surface area contributed by atoms with Gasteiger partial charge in [0.05, 0.1) is 4.90 Å². The number of sulfonamides is 1. The second-order valence-corrected chi connectivity index (χ2v) is 5.07. The van der Waals surface area contributed by atoms with Gasteiger partial charge in [0.25, 0.3) is 10.0 Å². The molecule has 0 aliphatic heterocycles. The summed E-state index contributed by atoms with van der Waals surface area (Å²) in [6.45, 7) is 0. The van der Waals surface area contributed by atoms with E-state index in [2.05, 4.69) is 9.71 Å². The molecule has 0 bridgehead atoms. The molecule has 1 aromatic carbocycles. The van der Waals surface area contributed by atoms with Crippen molar-refractivity contribution in [3.05, 3.63) is 48.7 Å². The normalized spacial score (nSPS) is 10.4. The van der Waals surface area contributed by atoms with E-state index in [-0.39, 0.29) is 33.1 Å². The summed E-state index contributed by atoms with van der Waals surface area (Å²) < 4.78 is 26.2. The van der Waals surface area contributed by atoms with Crippen LogP contribution in [0.2, 0.25) is 0 Å². The van der Waals surface area contributed by atoms with Crippen molar-refractivity contribution in [2.45, 2.75) is 4.90 Å². The Balaban J connectivity index is 0.00000162. The molecule has 0 saturated carbocycles. The molecule has 0 amide bonds. The molecule has 0 saturated heterocycles. The maximum atomic E-state index is 11.9. The van der Waals surface area contributed by atoms with Crippen LogP contribution < -0.4 is 10.5 Å². The van der Waals surface area contributed by atoms with E-state index in [1.807, 2.05) is 0 Å². The Hall–Kier alpha value is -1.34. The monoisotopic (exact) mass is 356 g/mol. The van der Waals surface area contributed by atoms with Crippen molar-refractivity contribution in [1.29, 1.82) is 0 Å². The largest absolute Gasteiger partial charge is 0.399 e. The first-order valence-corrected chi connectivity index (χ1v) is 6.36. The van der Waals surface area contributed by atoms with Gasteiger partial charge in [-0.2, -0.15) is 0 Å². The van der Waals surface area contributed by atoms with Gasteiger partial charge in [-0.3, -0.25) is 4.72 Å². The number of rotatable bonds is 3. The summed E-state index contributed by atoms with van der Waals surface area (Å²) in [4.78, 5) is 4.04. The molecule has 5 nitrogen and oxygen atoms in total. The maximum absolute atomic E-state index is 11.9. The van der Waals surface area contributed by atoms with E-state index in [9.17, 15) is 8.42 Å². The summed E-state index contributed by atoms with van der Waals surface area (Å²) in [5.41, 5.74) is 6.01. The standard InChI is InChI=1S/C11H11N3O2S.Ag/c12-9-4-6-10(7-5-9)17(15,16)14-11-3-1-2-8-13-11;/h1-8H,12H2,(H,13,14);. The zero-order chi connectivity index (χ0) is 12.3. The first kappa shape index (κ1) is 14.7. The minimum atomic E-state index is -3.60. The average Bonchev–Trinajstić information content (AvgIpc) is 2.30. The molecule has 0 aliphatic rings. The van der Waals surface area contributed by atoms with Gasteiger partial charge >= 0.3 is 0 Å². The van der Waals surface area contributed by atoms with Gasteiger partial charge in [-0.05, 0) is 36.4 Å². The molecule has 0 unspecified atom stereocenters. The van der Waals surface area contributed by atoms with E-state index in [0.717, 1.165) is 0 Å². The molecule has 2 rings (SSSR count). The van der Waals surface area contributed by atoms with Crippen molar-refractivity contribution >= 4 is 21.5 Å². The van der Waals surface area contributed by atoms with Crippen LogP contribution in [0.1, 0.15) is 0 Å². The van der Waals surface area contributed by atoms with Crippen LogP contribution in [0.5, 0.6) is 0 Å². The van der Waals surface area contributed by atoms with E-state index in [0.29, 0.717) is 5.69 Å². The molecule has 0 fully saturated rings. The summed E-state index contributed by atoms with van der Waals surface area (Å²) in [5, 5.41) is 0. The molecule has 1 aromatic heterocycles. The van der Waals surface area contributed by atoms with Crippen molar-refractivity contribution in [3.63, 3.8) is 0 Å². The summed E-state index contributed by atoms with van der Waals surface area (Å²) in [5.74, 6) is 0.282. The fraction of sp³-hybridized carbons (Fsp3) is 0. The second-order valence-electron chi connectivity index (χ2n) is 3.39. The quantitative estimate of drug-likeness (QED) is 0.644. The third-order valence-corrected chi connectivity index (χ3v) is 3.46. The van der Waals surface area contributed by atoms with Crippen LogP contribution in [0.4, 0.5) is 11.5 Å². The molecule has 7 heteroatoms. The van der Waals surface area contributed by atoms with Crippen molar-refractivity contribution in [1.82, 2.24) is 4.98 Å². The number of anilines is 2. The molecule has 99 valence electrons. The minimum Gasteiger partial charge on any atom is -0.399 e. The summed E-state index contributed by atoms with van der Waals surface area (Å²) in [6, 6.07) is 10.9. The van der Waals surface area contributed by atoms with E-state index < -0.39 is 10.0 Å². The predicted octanol–water partition coefficient (Wildman–Crippen LogP) is 1.46. The summed E-state index contributed by atoms with van der Waals surface area (Å²) >= 11 is 0. The smallest absolute Gasteiger partial charge is 0.263 e. The van der Waals surface area contributed by atoms with Gasteiger partial charge in [0, 0.05) is 34.3 Å². The zero-order valence-electron chi connectivity index (χ0n) is 9.17. The van der Waals surface area contributed by atoms with Crippen LogP contribution in [0.25, 0.3) is 0 Å². The fourth-order valence-electron chi connectivity index (χ4n) is 1.27. The van der Waals surface area contributed by atoms with Gasteiger partial charge in [-0.25, -0.2) is 13.4 Å². The van der Waals surface area contributed by atoms with Crippen LogP contribution in [0, 0.1) is 0 Å². The van der Waals surface area contributed by atoms with E-state index in [1.165, 1.54) is 30.5 Å². The van der Waals surface area contributed by atoms with Crippen LogP contribution in [-0.4, -0.2) is 13.4 Å². The van der Waals surface area contributed by atoms with Crippen LogP contribution in [0.15, 0.2) is 53.6 Å². The fourth-order valence-corrected chi connectivity index (χ4v) is 2.28. The predicted molar refractivity (Wildman–Crippen MR) is 65.9 cm³/mol. The number of pyridine rings is 1. The second kappa shape index (κ2) is 6.01. The third kappa shape index (κ3) is 3.58. The number of hydrogen-bond donors (Lipinski definition) is 2. The molecular weight excluding hydrogens is 346 g/mol. The Bertz CT molecular complexity index is 600. The van der Waals surface area contributed by atoms with Gasteiger partial charge in [0.15, 0.2) is 0 Å². The molecule has 0 atom stereocenters. The van der Waals surface area contributed by atoms with E-state index in [4.69, 9.17) is 5.73 Å². The van der Waals surface area contributed by atoms with E-state index >= 15 is 0 Å². The van der Waals surface area contributed by atoms with Crippen molar-refractivity contribution in [3.8, 4) is 0 Å². The molecule has 0 aliphatic carbocycles. The molecule has 18 heavy (non-hydrogen) atoms. The first-order valence-electron chi connectivity index (χ1n) is 4.87. The van der Waals surface area contributed by atoms with Gasteiger partial charge in [-0.15, -0.1) is 0 Å². The van der Waals surface area contributed by atoms with Gasteiger partial charge in [0.2, 0.25) is 0 Å². The Morgan fingerprint density at radius 1 is 1.06 bits per heavy atom. The van der Waals surface area contributed by atoms with Crippen LogP contribution in [-0.2, 0) is 32.4 Å². The Morgan fingerprint density at radius 2 is 1.72 bits per heavy atom. The number of nitrogens with one attached hydrogen (secondary N) is 1. The molecule has 2 aromatic rings. The molecule has 1 radical (unpaired) electrons. The third-order valence-electron chi connectivity index (χ3n) is 2.09. The van der Waals surface area contributed by atoms with Crippen LogP contribution in [0.3, 0.4) is 0 Å². The Labute approximate surface area is 121 Å². The molecular formula is C11H11AgN3O2S. The van der Waals surface area contributed by atoms with Gasteiger partial charge < -0.3 is 5.73 Å². The number of aromatic nitrogens is 1. The number of hydrogen-bond acceptors (Lipinski definition) is 4. The number of benzene rings is 1.